The van der Waals surface area contributed by atoms with Gasteiger partial charge in [0.1, 0.15) is 0 Å². The Morgan fingerprint density at radius 3 is 2.59 bits per heavy atom. The van der Waals surface area contributed by atoms with Gasteiger partial charge in [-0.1, -0.05) is 62.9 Å². The van der Waals surface area contributed by atoms with E-state index in [1.165, 1.54) is 18.6 Å². The number of carbonyl (C=O) groups excluding carboxylic acids is 3. The second kappa shape index (κ2) is 11.3. The molecule has 0 spiro atoms. The molecule has 4 N–H and O–H groups in total. The Labute approximate surface area is 188 Å². The summed E-state index contributed by atoms with van der Waals surface area (Å²) >= 11 is 0. The Balaban J connectivity index is 1.70. The van der Waals surface area contributed by atoms with Crippen LogP contribution in [-0.2, 0) is 16.0 Å². The fourth-order valence-electron chi connectivity index (χ4n) is 4.20. The molecule has 1 aliphatic rings. The van der Waals surface area contributed by atoms with Gasteiger partial charge in [-0.2, -0.15) is 0 Å². The molecule has 2 aromatic rings. The van der Waals surface area contributed by atoms with Gasteiger partial charge in [0.2, 0.25) is 12.3 Å². The minimum absolute atomic E-state index is 0.0255. The Bertz CT molecular complexity index is 960. The molecular weight excluding hydrogens is 406 g/mol. The number of para-hydroxylation sites is 1. The minimum atomic E-state index is -0.464. The van der Waals surface area contributed by atoms with Crippen molar-refractivity contribution in [2.75, 3.05) is 5.32 Å². The number of nitrogens with one attached hydrogen (secondary N) is 3. The van der Waals surface area contributed by atoms with Crippen molar-refractivity contribution in [3.63, 3.8) is 0 Å². The smallest absolute Gasteiger partial charge is 0.255 e. The van der Waals surface area contributed by atoms with Gasteiger partial charge in [-0.3, -0.25) is 14.4 Å². The number of rotatable bonds is 11. The van der Waals surface area contributed by atoms with Crippen LogP contribution in [-0.4, -0.2) is 29.4 Å². The van der Waals surface area contributed by atoms with Gasteiger partial charge in [0, 0.05) is 6.42 Å². The van der Waals surface area contributed by atoms with Crippen molar-refractivity contribution in [3.8, 4) is 5.75 Å². The third-order valence-electron chi connectivity index (χ3n) is 5.87. The van der Waals surface area contributed by atoms with Gasteiger partial charge in [0.15, 0.2) is 5.75 Å². The second-order valence-electron chi connectivity index (χ2n) is 8.16. The third kappa shape index (κ3) is 5.66. The normalized spacial score (nSPS) is 16.8. The maximum Gasteiger partial charge on any atom is 0.255 e. The van der Waals surface area contributed by atoms with Crippen LogP contribution in [0.1, 0.15) is 73.0 Å². The second-order valence-corrected chi connectivity index (χ2v) is 8.16. The first-order valence-corrected chi connectivity index (χ1v) is 11.2. The maximum absolute atomic E-state index is 12.9. The molecule has 0 heterocycles. The number of amides is 3. The molecule has 2 unspecified atom stereocenters. The van der Waals surface area contributed by atoms with E-state index >= 15 is 0 Å². The molecule has 0 fully saturated rings. The highest BCUT2D eigenvalue weighted by Gasteiger charge is 2.34. The van der Waals surface area contributed by atoms with E-state index in [-0.39, 0.29) is 35.0 Å². The Kier molecular flexibility index (Phi) is 8.25. The summed E-state index contributed by atoms with van der Waals surface area (Å²) in [6.07, 6.45) is 6.85. The van der Waals surface area contributed by atoms with Crippen molar-refractivity contribution in [2.45, 2.75) is 64.0 Å². The zero-order chi connectivity index (χ0) is 22.9. The lowest BCUT2D eigenvalue weighted by Gasteiger charge is -2.23. The van der Waals surface area contributed by atoms with E-state index in [1.807, 2.05) is 24.3 Å². The first-order chi connectivity index (χ1) is 15.5. The summed E-state index contributed by atoms with van der Waals surface area (Å²) in [6, 6.07) is 11.7. The van der Waals surface area contributed by atoms with E-state index in [4.69, 9.17) is 0 Å². The van der Waals surface area contributed by atoms with Crippen LogP contribution in [0, 0.1) is 0 Å². The van der Waals surface area contributed by atoms with Gasteiger partial charge in [-0.25, -0.2) is 0 Å². The van der Waals surface area contributed by atoms with Crippen LogP contribution >= 0.6 is 0 Å². The Hall–Kier alpha value is -3.35. The molecule has 0 aromatic heterocycles. The highest BCUT2D eigenvalue weighted by Crippen LogP contribution is 2.33. The van der Waals surface area contributed by atoms with E-state index in [0.717, 1.165) is 36.8 Å². The summed E-state index contributed by atoms with van der Waals surface area (Å²) in [7, 11) is 0. The van der Waals surface area contributed by atoms with Crippen molar-refractivity contribution in [2.24, 2.45) is 0 Å². The molecule has 32 heavy (non-hydrogen) atoms. The van der Waals surface area contributed by atoms with Crippen molar-refractivity contribution in [3.05, 3.63) is 59.2 Å². The maximum atomic E-state index is 12.9. The summed E-state index contributed by atoms with van der Waals surface area (Å²) in [6.45, 7) is 2.16. The van der Waals surface area contributed by atoms with Crippen LogP contribution in [0.3, 0.4) is 0 Å². The van der Waals surface area contributed by atoms with Gasteiger partial charge >= 0.3 is 0 Å². The van der Waals surface area contributed by atoms with Crippen molar-refractivity contribution in [1.82, 2.24) is 10.6 Å². The monoisotopic (exact) mass is 437 g/mol. The quantitative estimate of drug-likeness (QED) is 0.243. The van der Waals surface area contributed by atoms with Crippen molar-refractivity contribution >= 4 is 23.9 Å². The van der Waals surface area contributed by atoms with Gasteiger partial charge in [-0.05, 0) is 36.1 Å². The molecule has 0 bridgehead atoms. The topological polar surface area (TPSA) is 108 Å². The summed E-state index contributed by atoms with van der Waals surface area (Å²) < 4.78 is 0. The zero-order valence-corrected chi connectivity index (χ0v) is 18.4. The summed E-state index contributed by atoms with van der Waals surface area (Å²) in [5, 5.41) is 18.8. The lowest BCUT2D eigenvalue weighted by Crippen LogP contribution is -2.44. The van der Waals surface area contributed by atoms with Crippen LogP contribution in [0.4, 0.5) is 5.69 Å². The predicted molar refractivity (Wildman–Crippen MR) is 123 cm³/mol. The number of unbranched alkanes of at least 4 members (excludes halogenated alkanes) is 4. The standard InChI is InChI=1S/C25H31N3O4/c1-2-3-4-5-6-14-22(30)28-23-18-11-8-7-10-17(18)15-21(23)27-25(32)19-12-9-13-20(24(19)31)26-16-29/h7-13,16,21,23,31H,2-6,14-15H2,1H3,(H,26,29)(H,27,32)(H,28,30). The van der Waals surface area contributed by atoms with E-state index in [0.29, 0.717) is 19.3 Å². The van der Waals surface area contributed by atoms with Crippen LogP contribution in [0.5, 0.6) is 5.75 Å². The molecule has 1 aliphatic carbocycles. The minimum Gasteiger partial charge on any atom is -0.505 e. The molecule has 3 amide bonds. The SMILES string of the molecule is CCCCCCCC(=O)NC1c2ccccc2CC1NC(=O)c1cccc(NC=O)c1O. The lowest BCUT2D eigenvalue weighted by molar-refractivity contribution is -0.122. The fraction of sp³-hybridized carbons (Fsp3) is 0.400. The van der Waals surface area contributed by atoms with Crippen molar-refractivity contribution < 1.29 is 19.5 Å². The number of carbonyl (C=O) groups is 3. The van der Waals surface area contributed by atoms with Gasteiger partial charge < -0.3 is 21.1 Å². The van der Waals surface area contributed by atoms with Gasteiger partial charge in [-0.15, -0.1) is 0 Å². The Morgan fingerprint density at radius 1 is 1.03 bits per heavy atom. The van der Waals surface area contributed by atoms with Crippen LogP contribution in [0.2, 0.25) is 0 Å². The van der Waals surface area contributed by atoms with E-state index in [9.17, 15) is 19.5 Å². The Morgan fingerprint density at radius 2 is 1.81 bits per heavy atom. The first-order valence-electron chi connectivity index (χ1n) is 11.2. The molecule has 3 rings (SSSR count). The summed E-state index contributed by atoms with van der Waals surface area (Å²) in [5.74, 6) is -0.781. The molecule has 2 aromatic carbocycles. The lowest BCUT2D eigenvalue weighted by atomic mass is 10.0. The average molecular weight is 438 g/mol. The number of hydrogen-bond donors (Lipinski definition) is 4. The molecule has 7 heteroatoms. The predicted octanol–water partition coefficient (Wildman–Crippen LogP) is 3.83. The zero-order valence-electron chi connectivity index (χ0n) is 18.4. The van der Waals surface area contributed by atoms with Crippen LogP contribution < -0.4 is 16.0 Å². The highest BCUT2D eigenvalue weighted by atomic mass is 16.3. The number of hydrogen-bond acceptors (Lipinski definition) is 4. The molecule has 0 saturated carbocycles. The number of aromatic hydroxyl groups is 1. The number of fused-ring (bicyclic) bond motifs is 1. The molecule has 0 saturated heterocycles. The first kappa shape index (κ1) is 23.3. The fourth-order valence-corrected chi connectivity index (χ4v) is 4.20. The summed E-state index contributed by atoms with van der Waals surface area (Å²) in [4.78, 5) is 36.3. The van der Waals surface area contributed by atoms with Crippen LogP contribution in [0.25, 0.3) is 0 Å². The molecule has 7 nitrogen and oxygen atoms in total. The van der Waals surface area contributed by atoms with Crippen molar-refractivity contribution in [1.29, 1.82) is 0 Å². The van der Waals surface area contributed by atoms with E-state index in [2.05, 4.69) is 22.9 Å². The third-order valence-corrected chi connectivity index (χ3v) is 5.87. The van der Waals surface area contributed by atoms with Gasteiger partial charge in [0.05, 0.1) is 23.3 Å². The number of phenols is 1. The van der Waals surface area contributed by atoms with Crippen LogP contribution in [0.15, 0.2) is 42.5 Å². The molecule has 2 atom stereocenters. The largest absolute Gasteiger partial charge is 0.505 e. The van der Waals surface area contributed by atoms with E-state index < -0.39 is 5.91 Å². The van der Waals surface area contributed by atoms with E-state index in [1.54, 1.807) is 6.07 Å². The summed E-state index contributed by atoms with van der Waals surface area (Å²) in [5.41, 5.74) is 2.30. The number of anilines is 1. The molecule has 170 valence electrons. The molecule has 0 radical (unpaired) electrons. The number of benzene rings is 2. The average Bonchev–Trinajstić information content (AvgIpc) is 3.12. The number of phenolic OH excluding ortho intramolecular Hbond substituents is 1. The molecular formula is C25H31N3O4. The van der Waals surface area contributed by atoms with Gasteiger partial charge in [0.25, 0.3) is 5.91 Å². The highest BCUT2D eigenvalue weighted by molar-refractivity contribution is 5.99. The molecule has 0 aliphatic heterocycles.